The van der Waals surface area contributed by atoms with Crippen molar-refractivity contribution in [3.63, 3.8) is 0 Å². The summed E-state index contributed by atoms with van der Waals surface area (Å²) in [5.74, 6) is -0.146. The lowest BCUT2D eigenvalue weighted by atomic mass is 10.1. The number of rotatable bonds is 1. The van der Waals surface area contributed by atoms with E-state index in [1.807, 2.05) is 5.38 Å². The molecule has 4 nitrogen and oxygen atoms in total. The smallest absolute Gasteiger partial charge is 0.258 e. The van der Waals surface area contributed by atoms with Crippen LogP contribution in [0.25, 0.3) is 0 Å². The molecule has 1 aliphatic rings. The van der Waals surface area contributed by atoms with E-state index in [2.05, 4.69) is 15.6 Å². The molecule has 1 atom stereocenters. The van der Waals surface area contributed by atoms with Gasteiger partial charge in [0.15, 0.2) is 10.7 Å². The highest BCUT2D eigenvalue weighted by atomic mass is 32.1. The highest BCUT2D eigenvalue weighted by Crippen LogP contribution is 2.25. The van der Waals surface area contributed by atoms with Gasteiger partial charge in [0.05, 0.1) is 0 Å². The Kier molecular flexibility index (Phi) is 1.81. The second-order valence-electron chi connectivity index (χ2n) is 2.87. The third kappa shape index (κ3) is 1.22. The number of thiazole rings is 1. The summed E-state index contributed by atoms with van der Waals surface area (Å²) in [7, 11) is 0. The van der Waals surface area contributed by atoms with Crippen LogP contribution in [0.2, 0.25) is 0 Å². The molecule has 68 valence electrons. The van der Waals surface area contributed by atoms with Gasteiger partial charge in [0.1, 0.15) is 5.01 Å². The maximum atomic E-state index is 11.5. The van der Waals surface area contributed by atoms with Crippen LogP contribution in [0.4, 0.5) is 0 Å². The second-order valence-corrected chi connectivity index (χ2v) is 4.17. The summed E-state index contributed by atoms with van der Waals surface area (Å²) in [4.78, 5) is 15.6. The molecule has 1 amide bonds. The third-order valence-corrected chi connectivity index (χ3v) is 3.10. The molecule has 0 aliphatic carbocycles. The van der Waals surface area contributed by atoms with Crippen LogP contribution in [-0.2, 0) is 10.3 Å². The first-order valence-electron chi connectivity index (χ1n) is 3.66. The van der Waals surface area contributed by atoms with Crippen LogP contribution in [0.5, 0.6) is 0 Å². The van der Waals surface area contributed by atoms with Crippen molar-refractivity contribution < 1.29 is 4.79 Å². The monoisotopic (exact) mass is 213 g/mol. The van der Waals surface area contributed by atoms with E-state index < -0.39 is 5.54 Å². The summed E-state index contributed by atoms with van der Waals surface area (Å²) >= 11 is 6.28. The van der Waals surface area contributed by atoms with E-state index in [0.29, 0.717) is 5.11 Å². The molecule has 1 aromatic rings. The molecule has 0 radical (unpaired) electrons. The van der Waals surface area contributed by atoms with Gasteiger partial charge in [-0.15, -0.1) is 11.3 Å². The summed E-state index contributed by atoms with van der Waals surface area (Å²) in [5, 5.41) is 8.37. The Labute approximate surface area is 84.4 Å². The molecule has 2 N–H and O–H groups in total. The highest BCUT2D eigenvalue weighted by Gasteiger charge is 2.43. The minimum Gasteiger partial charge on any atom is -0.343 e. The first-order valence-corrected chi connectivity index (χ1v) is 4.95. The van der Waals surface area contributed by atoms with E-state index in [4.69, 9.17) is 12.2 Å². The number of hydrogen-bond donors (Lipinski definition) is 2. The van der Waals surface area contributed by atoms with Gasteiger partial charge in [0.25, 0.3) is 5.91 Å². The van der Waals surface area contributed by atoms with Crippen molar-refractivity contribution in [1.82, 2.24) is 15.6 Å². The molecule has 0 saturated carbocycles. The lowest BCUT2D eigenvalue weighted by Crippen LogP contribution is -2.40. The van der Waals surface area contributed by atoms with Crippen LogP contribution in [0, 0.1) is 0 Å². The largest absolute Gasteiger partial charge is 0.343 e. The number of carbonyl (C=O) groups is 1. The van der Waals surface area contributed by atoms with Gasteiger partial charge in [0, 0.05) is 11.6 Å². The van der Waals surface area contributed by atoms with Crippen LogP contribution in [-0.4, -0.2) is 16.0 Å². The fourth-order valence-corrected chi connectivity index (χ4v) is 2.21. The number of carbonyl (C=O) groups excluding carboxylic acids is 1. The third-order valence-electron chi connectivity index (χ3n) is 1.90. The summed E-state index contributed by atoms with van der Waals surface area (Å²) in [6.45, 7) is 1.76. The van der Waals surface area contributed by atoms with Gasteiger partial charge in [-0.1, -0.05) is 0 Å². The Bertz CT molecular complexity index is 362. The molecule has 1 saturated heterocycles. The Morgan fingerprint density at radius 2 is 2.46 bits per heavy atom. The van der Waals surface area contributed by atoms with Crippen molar-refractivity contribution in [3.8, 4) is 0 Å². The molecule has 2 rings (SSSR count). The number of aromatic nitrogens is 1. The Morgan fingerprint density at radius 3 is 2.92 bits per heavy atom. The molecule has 0 aromatic carbocycles. The van der Waals surface area contributed by atoms with Crippen LogP contribution < -0.4 is 10.6 Å². The van der Waals surface area contributed by atoms with Crippen molar-refractivity contribution in [1.29, 1.82) is 0 Å². The van der Waals surface area contributed by atoms with Crippen molar-refractivity contribution in [2.75, 3.05) is 0 Å². The Morgan fingerprint density at radius 1 is 1.69 bits per heavy atom. The van der Waals surface area contributed by atoms with E-state index >= 15 is 0 Å². The molecule has 13 heavy (non-hydrogen) atoms. The first-order chi connectivity index (χ1) is 6.13. The summed E-state index contributed by atoms with van der Waals surface area (Å²) in [6.07, 6.45) is 1.67. The molecular formula is C7H7N3OS2. The fourth-order valence-electron chi connectivity index (χ4n) is 1.16. The van der Waals surface area contributed by atoms with Crippen molar-refractivity contribution in [2.45, 2.75) is 12.5 Å². The van der Waals surface area contributed by atoms with E-state index in [9.17, 15) is 4.79 Å². The molecule has 0 spiro atoms. The molecule has 1 unspecified atom stereocenters. The first kappa shape index (κ1) is 8.58. The molecule has 1 fully saturated rings. The normalized spacial score (nSPS) is 27.2. The SMILES string of the molecule is CC1(c2nccs2)NC(=S)NC1=O. The predicted octanol–water partition coefficient (Wildman–Crippen LogP) is 0.363. The van der Waals surface area contributed by atoms with E-state index in [-0.39, 0.29) is 5.91 Å². The van der Waals surface area contributed by atoms with Crippen molar-refractivity contribution in [2.24, 2.45) is 0 Å². The predicted molar refractivity (Wildman–Crippen MR) is 53.3 cm³/mol. The zero-order valence-corrected chi connectivity index (χ0v) is 8.46. The number of nitrogens with one attached hydrogen (secondary N) is 2. The maximum Gasteiger partial charge on any atom is 0.258 e. The zero-order valence-electron chi connectivity index (χ0n) is 6.83. The van der Waals surface area contributed by atoms with Gasteiger partial charge in [-0.2, -0.15) is 0 Å². The highest BCUT2D eigenvalue weighted by molar-refractivity contribution is 7.80. The molecule has 2 heterocycles. The molecule has 0 bridgehead atoms. The number of nitrogens with zero attached hydrogens (tertiary/aromatic N) is 1. The number of thiocarbonyl (C=S) groups is 1. The lowest BCUT2D eigenvalue weighted by Gasteiger charge is -2.17. The standard InChI is InChI=1S/C7H7N3OS2/c1-7(5-8-2-3-13-5)4(11)9-6(12)10-7/h2-3H,1H3,(H2,9,10,11,12). The van der Waals surface area contributed by atoms with Gasteiger partial charge < -0.3 is 10.6 Å². The van der Waals surface area contributed by atoms with Gasteiger partial charge in [-0.25, -0.2) is 4.98 Å². The topological polar surface area (TPSA) is 54.0 Å². The minimum atomic E-state index is -0.786. The molecule has 6 heteroatoms. The van der Waals surface area contributed by atoms with Gasteiger partial charge in [-0.05, 0) is 19.1 Å². The fraction of sp³-hybridized carbons (Fsp3) is 0.286. The van der Waals surface area contributed by atoms with Crippen molar-refractivity contribution in [3.05, 3.63) is 16.6 Å². The number of hydrogen-bond acceptors (Lipinski definition) is 4. The molecule has 1 aromatic heterocycles. The molecule has 1 aliphatic heterocycles. The van der Waals surface area contributed by atoms with Crippen LogP contribution in [0.15, 0.2) is 11.6 Å². The average Bonchev–Trinajstić information content (AvgIpc) is 2.61. The number of amides is 1. The van der Waals surface area contributed by atoms with Gasteiger partial charge in [-0.3, -0.25) is 4.79 Å². The van der Waals surface area contributed by atoms with E-state index in [1.165, 1.54) is 11.3 Å². The Hall–Kier alpha value is -1.01. The minimum absolute atomic E-state index is 0.146. The van der Waals surface area contributed by atoms with E-state index in [0.717, 1.165) is 5.01 Å². The zero-order chi connectivity index (χ0) is 9.47. The van der Waals surface area contributed by atoms with Crippen LogP contribution >= 0.6 is 23.6 Å². The Balaban J connectivity index is 2.42. The quantitative estimate of drug-likeness (QED) is 0.661. The summed E-state index contributed by atoms with van der Waals surface area (Å²) in [6, 6.07) is 0. The average molecular weight is 213 g/mol. The summed E-state index contributed by atoms with van der Waals surface area (Å²) in [5.41, 5.74) is -0.786. The van der Waals surface area contributed by atoms with Gasteiger partial charge in [0.2, 0.25) is 0 Å². The summed E-state index contributed by atoms with van der Waals surface area (Å²) < 4.78 is 0. The van der Waals surface area contributed by atoms with Crippen LogP contribution in [0.3, 0.4) is 0 Å². The second kappa shape index (κ2) is 2.74. The van der Waals surface area contributed by atoms with Gasteiger partial charge >= 0.3 is 0 Å². The van der Waals surface area contributed by atoms with Crippen molar-refractivity contribution >= 4 is 34.6 Å². The lowest BCUT2D eigenvalue weighted by molar-refractivity contribution is -0.123. The van der Waals surface area contributed by atoms with E-state index in [1.54, 1.807) is 13.1 Å². The molecular weight excluding hydrogens is 206 g/mol. The maximum absolute atomic E-state index is 11.5. The van der Waals surface area contributed by atoms with Crippen LogP contribution in [0.1, 0.15) is 11.9 Å².